The van der Waals surface area contributed by atoms with Crippen LogP contribution in [0.1, 0.15) is 36.5 Å². The summed E-state index contributed by atoms with van der Waals surface area (Å²) in [6, 6.07) is 4.85. The van der Waals surface area contributed by atoms with Crippen LogP contribution in [0, 0.1) is 20.8 Å². The third-order valence-corrected chi connectivity index (χ3v) is 3.39. The molecular weight excluding hydrogens is 210 g/mol. The van der Waals surface area contributed by atoms with E-state index in [0.717, 1.165) is 25.2 Å². The van der Waals surface area contributed by atoms with Gasteiger partial charge in [-0.25, -0.2) is 0 Å². The minimum absolute atomic E-state index is 0.568. The summed E-state index contributed by atoms with van der Waals surface area (Å²) in [6.45, 7) is 9.37. The molecule has 0 heterocycles. The Hall–Kier alpha value is -1.02. The molecule has 1 N–H and O–H groups in total. The third kappa shape index (κ3) is 4.04. The Morgan fingerprint density at radius 2 is 1.82 bits per heavy atom. The monoisotopic (exact) mass is 235 g/mol. The maximum atomic E-state index is 5.92. The van der Waals surface area contributed by atoms with Crippen molar-refractivity contribution in [2.24, 2.45) is 0 Å². The molecule has 0 radical (unpaired) electrons. The molecule has 0 saturated heterocycles. The first-order chi connectivity index (χ1) is 8.06. The van der Waals surface area contributed by atoms with E-state index in [4.69, 9.17) is 4.74 Å². The molecule has 0 spiro atoms. The quantitative estimate of drug-likeness (QED) is 0.763. The van der Waals surface area contributed by atoms with Crippen molar-refractivity contribution in [1.29, 1.82) is 0 Å². The van der Waals surface area contributed by atoms with E-state index >= 15 is 0 Å². The number of rotatable bonds is 6. The van der Waals surface area contributed by atoms with Crippen LogP contribution in [-0.2, 0) is 0 Å². The Morgan fingerprint density at radius 3 is 2.47 bits per heavy atom. The zero-order valence-corrected chi connectivity index (χ0v) is 11.8. The van der Waals surface area contributed by atoms with E-state index in [1.54, 1.807) is 0 Å². The molecule has 0 saturated carbocycles. The van der Waals surface area contributed by atoms with E-state index < -0.39 is 0 Å². The van der Waals surface area contributed by atoms with Crippen molar-refractivity contribution in [3.05, 3.63) is 28.8 Å². The van der Waals surface area contributed by atoms with Gasteiger partial charge in [0.2, 0.25) is 0 Å². The minimum Gasteiger partial charge on any atom is -0.493 e. The largest absolute Gasteiger partial charge is 0.493 e. The van der Waals surface area contributed by atoms with E-state index in [1.807, 2.05) is 7.05 Å². The van der Waals surface area contributed by atoms with Gasteiger partial charge in [-0.2, -0.15) is 0 Å². The molecule has 0 aliphatic heterocycles. The Kier molecular flexibility index (Phi) is 5.49. The van der Waals surface area contributed by atoms with Crippen molar-refractivity contribution in [2.45, 2.75) is 46.6 Å². The molecule has 1 unspecified atom stereocenters. The van der Waals surface area contributed by atoms with E-state index in [2.05, 4.69) is 45.1 Å². The maximum absolute atomic E-state index is 5.92. The van der Waals surface area contributed by atoms with Gasteiger partial charge in [-0.3, -0.25) is 0 Å². The van der Waals surface area contributed by atoms with E-state index in [-0.39, 0.29) is 0 Å². The zero-order valence-electron chi connectivity index (χ0n) is 11.8. The van der Waals surface area contributed by atoms with Crippen molar-refractivity contribution >= 4 is 0 Å². The summed E-state index contributed by atoms with van der Waals surface area (Å²) in [6.07, 6.45) is 2.25. The molecular formula is C15H25NO. The SMILES string of the molecule is CNC(C)CCCOc1c(C)ccc(C)c1C. The summed E-state index contributed by atoms with van der Waals surface area (Å²) < 4.78 is 5.92. The second kappa shape index (κ2) is 6.65. The van der Waals surface area contributed by atoms with Crippen molar-refractivity contribution in [3.63, 3.8) is 0 Å². The molecule has 96 valence electrons. The topological polar surface area (TPSA) is 21.3 Å². The predicted octanol–water partition coefficient (Wildman–Crippen LogP) is 3.38. The molecule has 1 aromatic carbocycles. The molecule has 0 bridgehead atoms. The molecule has 17 heavy (non-hydrogen) atoms. The van der Waals surface area contributed by atoms with Gasteiger partial charge in [-0.05, 0) is 64.3 Å². The fourth-order valence-electron chi connectivity index (χ4n) is 1.86. The van der Waals surface area contributed by atoms with Gasteiger partial charge in [0.05, 0.1) is 6.61 Å². The summed E-state index contributed by atoms with van der Waals surface area (Å²) in [4.78, 5) is 0. The molecule has 0 aromatic heterocycles. The number of aryl methyl sites for hydroxylation is 2. The summed E-state index contributed by atoms with van der Waals surface area (Å²) in [5.74, 6) is 1.07. The lowest BCUT2D eigenvalue weighted by molar-refractivity contribution is 0.295. The lowest BCUT2D eigenvalue weighted by Gasteiger charge is -2.15. The highest BCUT2D eigenvalue weighted by atomic mass is 16.5. The number of nitrogens with one attached hydrogen (secondary N) is 1. The smallest absolute Gasteiger partial charge is 0.125 e. The van der Waals surface area contributed by atoms with Crippen molar-refractivity contribution in [2.75, 3.05) is 13.7 Å². The lowest BCUT2D eigenvalue weighted by Crippen LogP contribution is -2.21. The fourth-order valence-corrected chi connectivity index (χ4v) is 1.86. The Morgan fingerprint density at radius 1 is 1.18 bits per heavy atom. The molecule has 1 atom stereocenters. The highest BCUT2D eigenvalue weighted by Gasteiger charge is 2.06. The average Bonchev–Trinajstić information content (AvgIpc) is 2.32. The van der Waals surface area contributed by atoms with Crippen molar-refractivity contribution < 1.29 is 4.74 Å². The highest BCUT2D eigenvalue weighted by molar-refractivity contribution is 5.44. The van der Waals surface area contributed by atoms with Crippen LogP contribution >= 0.6 is 0 Å². The van der Waals surface area contributed by atoms with Crippen LogP contribution in [0.3, 0.4) is 0 Å². The van der Waals surface area contributed by atoms with Gasteiger partial charge in [0.15, 0.2) is 0 Å². The van der Waals surface area contributed by atoms with Crippen LogP contribution in [0.15, 0.2) is 12.1 Å². The fraction of sp³-hybridized carbons (Fsp3) is 0.600. The maximum Gasteiger partial charge on any atom is 0.125 e. The molecule has 2 heteroatoms. The molecule has 0 aliphatic carbocycles. The van der Waals surface area contributed by atoms with Gasteiger partial charge in [0, 0.05) is 6.04 Å². The van der Waals surface area contributed by atoms with Gasteiger partial charge in [0.1, 0.15) is 5.75 Å². The average molecular weight is 235 g/mol. The second-order valence-electron chi connectivity index (χ2n) is 4.83. The third-order valence-electron chi connectivity index (χ3n) is 3.39. The normalized spacial score (nSPS) is 12.5. The first kappa shape index (κ1) is 14.0. The Bertz CT molecular complexity index is 360. The van der Waals surface area contributed by atoms with Crippen molar-refractivity contribution in [3.8, 4) is 5.75 Å². The molecule has 2 nitrogen and oxygen atoms in total. The van der Waals surface area contributed by atoms with Crippen LogP contribution in [0.5, 0.6) is 5.75 Å². The molecule has 0 fully saturated rings. The van der Waals surface area contributed by atoms with Crippen molar-refractivity contribution in [1.82, 2.24) is 5.32 Å². The van der Waals surface area contributed by atoms with Gasteiger partial charge < -0.3 is 10.1 Å². The first-order valence-corrected chi connectivity index (χ1v) is 6.43. The van der Waals surface area contributed by atoms with Gasteiger partial charge in [-0.1, -0.05) is 12.1 Å². The van der Waals surface area contributed by atoms with Crippen LogP contribution in [0.2, 0.25) is 0 Å². The van der Waals surface area contributed by atoms with Crippen LogP contribution in [-0.4, -0.2) is 19.7 Å². The summed E-state index contributed by atoms with van der Waals surface area (Å²) in [5.41, 5.74) is 3.80. The lowest BCUT2D eigenvalue weighted by atomic mass is 10.1. The second-order valence-corrected chi connectivity index (χ2v) is 4.83. The van der Waals surface area contributed by atoms with E-state index in [0.29, 0.717) is 6.04 Å². The number of hydrogen-bond donors (Lipinski definition) is 1. The molecule has 1 rings (SSSR count). The summed E-state index contributed by atoms with van der Waals surface area (Å²) >= 11 is 0. The van der Waals surface area contributed by atoms with Gasteiger partial charge in [-0.15, -0.1) is 0 Å². The molecule has 0 amide bonds. The van der Waals surface area contributed by atoms with E-state index in [9.17, 15) is 0 Å². The number of hydrogen-bond acceptors (Lipinski definition) is 2. The zero-order chi connectivity index (χ0) is 12.8. The number of ether oxygens (including phenoxy) is 1. The van der Waals surface area contributed by atoms with Crippen LogP contribution in [0.4, 0.5) is 0 Å². The highest BCUT2D eigenvalue weighted by Crippen LogP contribution is 2.25. The van der Waals surface area contributed by atoms with Gasteiger partial charge in [0.25, 0.3) is 0 Å². The first-order valence-electron chi connectivity index (χ1n) is 6.43. The van der Waals surface area contributed by atoms with Crippen LogP contribution < -0.4 is 10.1 Å². The predicted molar refractivity (Wildman–Crippen MR) is 73.9 cm³/mol. The van der Waals surface area contributed by atoms with Gasteiger partial charge >= 0.3 is 0 Å². The standard InChI is InChI=1S/C15H25NO/c1-11-8-9-12(2)15(14(11)4)17-10-6-7-13(3)16-5/h8-9,13,16H,6-7,10H2,1-5H3. The Balaban J connectivity index is 2.49. The minimum atomic E-state index is 0.568. The number of benzene rings is 1. The molecule has 0 aliphatic rings. The summed E-state index contributed by atoms with van der Waals surface area (Å²) in [7, 11) is 2.00. The van der Waals surface area contributed by atoms with E-state index in [1.165, 1.54) is 16.7 Å². The summed E-state index contributed by atoms with van der Waals surface area (Å²) in [5, 5.41) is 3.24. The molecule has 1 aromatic rings. The van der Waals surface area contributed by atoms with Crippen LogP contribution in [0.25, 0.3) is 0 Å². The Labute approximate surface area is 105 Å².